The van der Waals surface area contributed by atoms with E-state index >= 15 is 0 Å². The van der Waals surface area contributed by atoms with Gasteiger partial charge in [0, 0.05) is 85.1 Å². The molecule has 2 N–H and O–H groups in total. The number of aliphatic carboxylic acids is 1. The van der Waals surface area contributed by atoms with E-state index in [0.29, 0.717) is 24.7 Å². The van der Waals surface area contributed by atoms with Gasteiger partial charge in [0.2, 0.25) is 23.6 Å². The number of carbonyl (C=O) groups excluding carboxylic acids is 6. The van der Waals surface area contributed by atoms with E-state index in [4.69, 9.17) is 19.7 Å². The van der Waals surface area contributed by atoms with Gasteiger partial charge in [0.25, 0.3) is 11.8 Å². The van der Waals surface area contributed by atoms with E-state index < -0.39 is 41.8 Å². The number of hydrogen-bond acceptors (Lipinski definition) is 11. The number of imide groups is 2. The Labute approximate surface area is 402 Å². The SMILES string of the molecule is C[C@H]1CCc2c(ccc(-c3cnn(C4CCN(C(=O)C5CCN(C6CN(c7ccc8c(c7)C(=O)N(C7CCC(=O)NC7=O)C8=O)C6)CC5)CC4)c3)c2OC2CCC2)N1C(=O)C1CC1.O=C(O)C(F)(F)F. The van der Waals surface area contributed by atoms with Crippen LogP contribution in [0.3, 0.4) is 0 Å². The molecule has 3 aromatic rings. The summed E-state index contributed by atoms with van der Waals surface area (Å²) < 4.78 is 40.6. The second-order valence-corrected chi connectivity index (χ2v) is 20.1. The van der Waals surface area contributed by atoms with E-state index in [-0.39, 0.29) is 60.2 Å². The number of nitrogens with zero attached hydrogens (tertiary/aromatic N) is 7. The van der Waals surface area contributed by atoms with Crippen molar-refractivity contribution in [2.24, 2.45) is 11.8 Å². The number of halogens is 3. The number of rotatable bonds is 9. The summed E-state index contributed by atoms with van der Waals surface area (Å²) >= 11 is 0. The fourth-order valence-corrected chi connectivity index (χ4v) is 11.0. The highest BCUT2D eigenvalue weighted by atomic mass is 19.4. The van der Waals surface area contributed by atoms with Gasteiger partial charge in [-0.25, -0.2) is 4.79 Å². The Hall–Kier alpha value is -6.31. The van der Waals surface area contributed by atoms with E-state index in [9.17, 15) is 41.9 Å². The van der Waals surface area contributed by atoms with E-state index in [1.807, 2.05) is 12.3 Å². The third-order valence-electron chi connectivity index (χ3n) is 15.6. The number of ether oxygens (including phenoxy) is 1. The first-order valence-electron chi connectivity index (χ1n) is 24.7. The number of piperidine rings is 3. The minimum atomic E-state index is -5.08. The third kappa shape index (κ3) is 9.14. The van der Waals surface area contributed by atoms with Gasteiger partial charge in [-0.3, -0.25) is 48.6 Å². The lowest BCUT2D eigenvalue weighted by molar-refractivity contribution is -0.192. The van der Waals surface area contributed by atoms with Crippen LogP contribution in [0.2, 0.25) is 0 Å². The molecule has 2 atom stereocenters. The number of carboxylic acids is 1. The van der Waals surface area contributed by atoms with Gasteiger partial charge in [-0.15, -0.1) is 0 Å². The number of likely N-dealkylation sites (tertiary alicyclic amines) is 2. The van der Waals surface area contributed by atoms with Crippen LogP contribution in [0.4, 0.5) is 24.5 Å². The van der Waals surface area contributed by atoms with Crippen LogP contribution in [0.25, 0.3) is 11.1 Å². The maximum Gasteiger partial charge on any atom is 0.490 e. The summed E-state index contributed by atoms with van der Waals surface area (Å²) in [6, 6.07) is 9.30. The van der Waals surface area contributed by atoms with Gasteiger partial charge in [0.1, 0.15) is 11.8 Å². The normalized spacial score (nSPS) is 23.8. The quantitative estimate of drug-likeness (QED) is 0.261. The highest BCUT2D eigenvalue weighted by Crippen LogP contribution is 2.47. The average Bonchev–Trinajstić information content (AvgIpc) is 4.00. The average molecular weight is 971 g/mol. The highest BCUT2D eigenvalue weighted by molar-refractivity contribution is 6.23. The summed E-state index contributed by atoms with van der Waals surface area (Å²) in [5.41, 5.74) is 5.69. The molecule has 2 aromatic carbocycles. The Morgan fingerprint density at radius 3 is 2.09 bits per heavy atom. The molecule has 6 aliphatic heterocycles. The van der Waals surface area contributed by atoms with Crippen molar-refractivity contribution in [3.05, 3.63) is 59.4 Å². The lowest BCUT2D eigenvalue weighted by Crippen LogP contribution is -2.61. The number of hydrogen-bond donors (Lipinski definition) is 2. The molecule has 1 aromatic heterocycles. The largest absolute Gasteiger partial charge is 0.490 e. The molecular weight excluding hydrogens is 914 g/mol. The summed E-state index contributed by atoms with van der Waals surface area (Å²) in [7, 11) is 0. The van der Waals surface area contributed by atoms with Crippen LogP contribution in [0.1, 0.15) is 116 Å². The van der Waals surface area contributed by atoms with Crippen LogP contribution in [0, 0.1) is 11.8 Å². The summed E-state index contributed by atoms with van der Waals surface area (Å²) in [4.78, 5) is 96.6. The summed E-state index contributed by atoms with van der Waals surface area (Å²) in [5, 5.41) is 14.2. The van der Waals surface area contributed by atoms with Crippen molar-refractivity contribution in [2.45, 2.75) is 127 Å². The van der Waals surface area contributed by atoms with Crippen molar-refractivity contribution in [2.75, 3.05) is 49.1 Å². The number of aromatic nitrogens is 2. The maximum absolute atomic E-state index is 13.8. The predicted octanol–water partition coefficient (Wildman–Crippen LogP) is 5.36. The zero-order chi connectivity index (χ0) is 49.2. The number of benzene rings is 2. The molecule has 0 radical (unpaired) electrons. The summed E-state index contributed by atoms with van der Waals surface area (Å²) in [6.45, 7) is 6.91. The lowest BCUT2D eigenvalue weighted by atomic mass is 9.91. The Kier molecular flexibility index (Phi) is 12.7. The first-order valence-corrected chi connectivity index (χ1v) is 24.7. The van der Waals surface area contributed by atoms with Crippen molar-refractivity contribution in [3.63, 3.8) is 0 Å². The first-order chi connectivity index (χ1) is 33.5. The molecular formula is C50H57F3N8O9. The van der Waals surface area contributed by atoms with Crippen molar-refractivity contribution in [1.29, 1.82) is 0 Å². The summed E-state index contributed by atoms with van der Waals surface area (Å²) in [5.74, 6) is -3.12. The van der Waals surface area contributed by atoms with Crippen molar-refractivity contribution in [1.82, 2.24) is 29.8 Å². The Bertz CT molecular complexity index is 2610. The van der Waals surface area contributed by atoms with E-state index in [2.05, 4.69) is 54.9 Å². The first kappa shape index (κ1) is 47.4. The number of carboxylic acid groups (broad SMARTS) is 1. The number of alkyl halides is 3. The van der Waals surface area contributed by atoms with Crippen LogP contribution in [-0.4, -0.2) is 141 Å². The molecule has 0 spiro atoms. The molecule has 1 unspecified atom stereocenters. The van der Waals surface area contributed by atoms with Gasteiger partial charge in [-0.05, 0) is 127 Å². The van der Waals surface area contributed by atoms with Crippen LogP contribution in [0.5, 0.6) is 5.75 Å². The van der Waals surface area contributed by atoms with Crippen molar-refractivity contribution >= 4 is 52.8 Å². The Morgan fingerprint density at radius 1 is 0.771 bits per heavy atom. The van der Waals surface area contributed by atoms with Crippen LogP contribution in [-0.2, 0) is 30.4 Å². The molecule has 7 heterocycles. The number of fused-ring (bicyclic) bond motifs is 2. The molecule has 70 heavy (non-hydrogen) atoms. The molecule has 372 valence electrons. The van der Waals surface area contributed by atoms with Crippen LogP contribution < -0.4 is 19.9 Å². The van der Waals surface area contributed by atoms with E-state index in [1.54, 1.807) is 12.1 Å². The molecule has 6 fully saturated rings. The monoisotopic (exact) mass is 970 g/mol. The molecule has 17 nitrogen and oxygen atoms in total. The molecule has 4 saturated heterocycles. The minimum absolute atomic E-state index is 0.0226. The van der Waals surface area contributed by atoms with E-state index in [1.165, 1.54) is 6.42 Å². The predicted molar refractivity (Wildman–Crippen MR) is 246 cm³/mol. The number of amides is 6. The number of carbonyl (C=O) groups is 7. The summed E-state index contributed by atoms with van der Waals surface area (Å²) in [6.07, 6.45) is 9.92. The lowest BCUT2D eigenvalue weighted by Gasteiger charge is -2.49. The fraction of sp³-hybridized carbons (Fsp3) is 0.560. The molecule has 6 amide bonds. The topological polar surface area (TPSA) is 195 Å². The van der Waals surface area contributed by atoms with Gasteiger partial charge in [-0.1, -0.05) is 0 Å². The molecule has 11 rings (SSSR count). The zero-order valence-corrected chi connectivity index (χ0v) is 39.0. The van der Waals surface area contributed by atoms with Crippen molar-refractivity contribution < 1.29 is 56.6 Å². The number of anilines is 2. The third-order valence-corrected chi connectivity index (χ3v) is 15.6. The molecule has 0 bridgehead atoms. The zero-order valence-electron chi connectivity index (χ0n) is 39.0. The maximum atomic E-state index is 13.8. The van der Waals surface area contributed by atoms with Crippen LogP contribution >= 0.6 is 0 Å². The van der Waals surface area contributed by atoms with Crippen LogP contribution in [0.15, 0.2) is 42.7 Å². The molecule has 2 saturated carbocycles. The Balaban J connectivity index is 0.000000756. The standard InChI is InChI=1S/C48H56N8O7.C2HF3O2/c1-28-5-9-38-40(55(28)46(60)29-6-7-29)12-11-36(43(38)63-35-3-2-4-35)31-24-49-54(25-31)32-17-21-52(22-18-32)45(59)30-15-19-51(20-16-30)34-26-53(27-34)33-8-10-37-39(23-33)48(62)56(47(37)61)41-13-14-42(57)50-44(41)58;3-2(4,5)1(6)7/h8,10-12,23-25,28-30,32,34-35,41H,2-7,9,13-22,26-27H2,1H3,(H,50,57,58);(H,6,7)/t28-,41?;/m0./s1. The van der Waals surface area contributed by atoms with Gasteiger partial charge in [0.05, 0.1) is 35.2 Å². The van der Waals surface area contributed by atoms with Gasteiger partial charge in [-0.2, -0.15) is 18.3 Å². The smallest absolute Gasteiger partial charge is 0.489 e. The number of nitrogens with one attached hydrogen (secondary N) is 1. The Morgan fingerprint density at radius 2 is 1.44 bits per heavy atom. The minimum Gasteiger partial charge on any atom is -0.489 e. The molecule has 8 aliphatic rings. The molecule has 2 aliphatic carbocycles. The fourth-order valence-electron chi connectivity index (χ4n) is 11.0. The van der Waals surface area contributed by atoms with Crippen molar-refractivity contribution in [3.8, 4) is 16.9 Å². The van der Waals surface area contributed by atoms with E-state index in [0.717, 1.165) is 129 Å². The second-order valence-electron chi connectivity index (χ2n) is 20.1. The second kappa shape index (κ2) is 18.8. The van der Waals surface area contributed by atoms with Gasteiger partial charge >= 0.3 is 12.1 Å². The van der Waals surface area contributed by atoms with Gasteiger partial charge < -0.3 is 24.5 Å². The molecule has 20 heteroatoms. The highest BCUT2D eigenvalue weighted by Gasteiger charge is 2.46. The van der Waals surface area contributed by atoms with Gasteiger partial charge in [0.15, 0.2) is 0 Å².